The maximum absolute atomic E-state index is 10.9. The molecule has 1 rings (SSSR count). The van der Waals surface area contributed by atoms with Crippen LogP contribution in [-0.2, 0) is 11.2 Å². The van der Waals surface area contributed by atoms with Gasteiger partial charge in [-0.1, -0.05) is 30.3 Å². The summed E-state index contributed by atoms with van der Waals surface area (Å²) in [5.74, 6) is -1.93. The Morgan fingerprint density at radius 1 is 1.44 bits per heavy atom. The first kappa shape index (κ1) is 12.0. The molecule has 0 fully saturated rings. The first-order valence-electron chi connectivity index (χ1n) is 4.61. The molecule has 16 heavy (non-hydrogen) atoms. The Morgan fingerprint density at radius 2 is 2.00 bits per heavy atom. The van der Waals surface area contributed by atoms with E-state index in [1.165, 1.54) is 0 Å². The van der Waals surface area contributed by atoms with Crippen molar-refractivity contribution in [2.45, 2.75) is 12.5 Å². The normalized spacial score (nSPS) is 11.8. The highest BCUT2D eigenvalue weighted by Crippen LogP contribution is 2.07. The number of hydroxylamine groups is 2. The zero-order chi connectivity index (χ0) is 12.1. The van der Waals surface area contributed by atoms with Crippen LogP contribution in [-0.4, -0.2) is 33.3 Å². The molecule has 0 unspecified atom stereocenters. The third-order valence-electron chi connectivity index (χ3n) is 2.10. The molecule has 0 aliphatic heterocycles. The lowest BCUT2D eigenvalue weighted by Gasteiger charge is -2.22. The van der Waals surface area contributed by atoms with Crippen molar-refractivity contribution in [3.63, 3.8) is 0 Å². The van der Waals surface area contributed by atoms with Crippen molar-refractivity contribution in [2.75, 3.05) is 0 Å². The van der Waals surface area contributed by atoms with Crippen LogP contribution < -0.4 is 5.73 Å². The van der Waals surface area contributed by atoms with E-state index in [0.29, 0.717) is 0 Å². The molecule has 5 N–H and O–H groups in total. The van der Waals surface area contributed by atoms with Gasteiger partial charge in [-0.05, 0) is 5.56 Å². The van der Waals surface area contributed by atoms with Gasteiger partial charge in [0.05, 0.1) is 0 Å². The number of nitrogens with one attached hydrogen (secondary N) is 1. The van der Waals surface area contributed by atoms with Gasteiger partial charge >= 0.3 is 5.97 Å². The molecule has 0 heterocycles. The van der Waals surface area contributed by atoms with E-state index in [4.69, 9.17) is 16.2 Å². The number of hydrogen-bond donors (Lipinski definition) is 4. The highest BCUT2D eigenvalue weighted by molar-refractivity contribution is 5.82. The molecule has 1 aromatic rings. The van der Waals surface area contributed by atoms with Gasteiger partial charge in [-0.15, -0.1) is 0 Å². The average Bonchev–Trinajstić information content (AvgIpc) is 2.26. The average molecular weight is 223 g/mol. The van der Waals surface area contributed by atoms with Gasteiger partial charge in [0.25, 0.3) is 0 Å². The van der Waals surface area contributed by atoms with E-state index < -0.39 is 18.0 Å². The fourth-order valence-electron chi connectivity index (χ4n) is 1.28. The summed E-state index contributed by atoms with van der Waals surface area (Å²) in [7, 11) is 0. The lowest BCUT2D eigenvalue weighted by Crippen LogP contribution is -2.47. The fourth-order valence-corrected chi connectivity index (χ4v) is 1.28. The molecule has 86 valence electrons. The van der Waals surface area contributed by atoms with Crippen molar-refractivity contribution in [2.24, 2.45) is 5.73 Å². The molecule has 6 nitrogen and oxygen atoms in total. The molecule has 0 amide bonds. The second kappa shape index (κ2) is 5.13. The molecular formula is C10H13N3O3. The first-order chi connectivity index (χ1) is 7.52. The third-order valence-corrected chi connectivity index (χ3v) is 2.10. The summed E-state index contributed by atoms with van der Waals surface area (Å²) < 4.78 is 0. The van der Waals surface area contributed by atoms with Gasteiger partial charge in [0, 0.05) is 6.42 Å². The molecule has 0 radical (unpaired) electrons. The fraction of sp³-hybridized carbons (Fsp3) is 0.200. The second-order valence-electron chi connectivity index (χ2n) is 3.27. The van der Waals surface area contributed by atoms with Crippen LogP contribution in [0, 0.1) is 5.41 Å². The topological polar surface area (TPSA) is 111 Å². The Hall–Kier alpha value is -2.08. The minimum absolute atomic E-state index is 0.0756. The van der Waals surface area contributed by atoms with Crippen LogP contribution in [0.5, 0.6) is 0 Å². The lowest BCUT2D eigenvalue weighted by atomic mass is 10.1. The zero-order valence-electron chi connectivity index (χ0n) is 8.50. The number of carboxylic acid groups (broad SMARTS) is 1. The molecule has 0 saturated carbocycles. The van der Waals surface area contributed by atoms with Crippen molar-refractivity contribution in [1.29, 1.82) is 5.41 Å². The Labute approximate surface area is 92.4 Å². The van der Waals surface area contributed by atoms with E-state index in [9.17, 15) is 10.0 Å². The van der Waals surface area contributed by atoms with Crippen LogP contribution in [0.1, 0.15) is 5.56 Å². The lowest BCUT2D eigenvalue weighted by molar-refractivity contribution is -0.153. The Balaban J connectivity index is 2.81. The summed E-state index contributed by atoms with van der Waals surface area (Å²) in [4.78, 5) is 10.9. The molecule has 0 bridgehead atoms. The van der Waals surface area contributed by atoms with Crippen molar-refractivity contribution in [3.05, 3.63) is 35.9 Å². The van der Waals surface area contributed by atoms with Gasteiger partial charge in [-0.25, -0.2) is 9.86 Å². The number of hydrogen-bond acceptors (Lipinski definition) is 3. The van der Waals surface area contributed by atoms with Crippen LogP contribution in [0.2, 0.25) is 0 Å². The molecule has 1 atom stereocenters. The maximum atomic E-state index is 10.9. The number of guanidine groups is 1. The van der Waals surface area contributed by atoms with E-state index in [0.717, 1.165) is 5.56 Å². The Kier molecular flexibility index (Phi) is 3.84. The maximum Gasteiger partial charge on any atom is 0.329 e. The number of nitrogens with two attached hydrogens (primary N) is 1. The molecule has 0 aliphatic carbocycles. The number of rotatable bonds is 4. The first-order valence-corrected chi connectivity index (χ1v) is 4.61. The summed E-state index contributed by atoms with van der Waals surface area (Å²) in [5, 5.41) is 25.4. The summed E-state index contributed by atoms with van der Waals surface area (Å²) >= 11 is 0. The number of nitrogens with zero attached hydrogens (tertiary/aromatic N) is 1. The van der Waals surface area contributed by atoms with Gasteiger partial charge in [0.15, 0.2) is 6.04 Å². The predicted octanol–water partition coefficient (Wildman–Crippen LogP) is 0.267. The number of aliphatic carboxylic acids is 1. The van der Waals surface area contributed by atoms with Gasteiger partial charge < -0.3 is 10.8 Å². The molecular weight excluding hydrogens is 210 g/mol. The van der Waals surface area contributed by atoms with Crippen LogP contribution in [0.15, 0.2) is 30.3 Å². The molecule has 0 aliphatic rings. The molecule has 1 aromatic carbocycles. The summed E-state index contributed by atoms with van der Waals surface area (Å²) in [5.41, 5.74) is 5.77. The summed E-state index contributed by atoms with van der Waals surface area (Å²) in [6.07, 6.45) is 0.0756. The minimum atomic E-state index is -1.25. The van der Waals surface area contributed by atoms with Crippen molar-refractivity contribution in [1.82, 2.24) is 5.06 Å². The van der Waals surface area contributed by atoms with E-state index in [1.54, 1.807) is 30.3 Å². The number of carbonyl (C=O) groups is 1. The monoisotopic (exact) mass is 223 g/mol. The molecule has 0 aromatic heterocycles. The SMILES string of the molecule is N=C(N)N(O)[C@@H](Cc1ccccc1)C(=O)O. The highest BCUT2D eigenvalue weighted by Gasteiger charge is 2.25. The smallest absolute Gasteiger partial charge is 0.329 e. The minimum Gasteiger partial charge on any atom is -0.480 e. The molecule has 0 spiro atoms. The van der Waals surface area contributed by atoms with Crippen LogP contribution in [0.25, 0.3) is 0 Å². The predicted molar refractivity (Wildman–Crippen MR) is 57.1 cm³/mol. The Morgan fingerprint density at radius 3 is 2.44 bits per heavy atom. The van der Waals surface area contributed by atoms with Gasteiger partial charge in [-0.3, -0.25) is 10.6 Å². The highest BCUT2D eigenvalue weighted by atomic mass is 16.5. The van der Waals surface area contributed by atoms with Gasteiger partial charge in [-0.2, -0.15) is 0 Å². The Bertz CT molecular complexity index is 380. The van der Waals surface area contributed by atoms with E-state index in [2.05, 4.69) is 0 Å². The van der Waals surface area contributed by atoms with Gasteiger partial charge in [0.2, 0.25) is 5.96 Å². The van der Waals surface area contributed by atoms with E-state index in [-0.39, 0.29) is 11.5 Å². The van der Waals surface area contributed by atoms with E-state index >= 15 is 0 Å². The van der Waals surface area contributed by atoms with E-state index in [1.807, 2.05) is 0 Å². The second-order valence-corrected chi connectivity index (χ2v) is 3.27. The largest absolute Gasteiger partial charge is 0.480 e. The number of benzene rings is 1. The zero-order valence-corrected chi connectivity index (χ0v) is 8.50. The van der Waals surface area contributed by atoms with Crippen LogP contribution in [0.3, 0.4) is 0 Å². The standard InChI is InChI=1S/C10H13N3O3/c11-10(12)13(16)8(9(14)15)6-7-4-2-1-3-5-7/h1-5,8,16H,6H2,(H3,11,12)(H,14,15)/t8-/m0/s1. The third kappa shape index (κ3) is 2.96. The van der Waals surface area contributed by atoms with Gasteiger partial charge in [0.1, 0.15) is 0 Å². The molecule has 6 heteroatoms. The molecule has 0 saturated heterocycles. The van der Waals surface area contributed by atoms with Crippen molar-refractivity contribution in [3.8, 4) is 0 Å². The van der Waals surface area contributed by atoms with Crippen molar-refractivity contribution >= 4 is 11.9 Å². The summed E-state index contributed by atoms with van der Waals surface area (Å²) in [6.45, 7) is 0. The quantitative estimate of drug-likeness (QED) is 0.332. The summed E-state index contributed by atoms with van der Waals surface area (Å²) in [6, 6.07) is 7.57. The van der Waals surface area contributed by atoms with Crippen molar-refractivity contribution < 1.29 is 15.1 Å². The van der Waals surface area contributed by atoms with Crippen LogP contribution in [0.4, 0.5) is 0 Å². The van der Waals surface area contributed by atoms with Crippen LogP contribution >= 0.6 is 0 Å². The number of carboxylic acids is 1.